The first kappa shape index (κ1) is 13.2. The molecule has 1 aliphatic rings. The summed E-state index contributed by atoms with van der Waals surface area (Å²) in [6.07, 6.45) is 8.20. The van der Waals surface area contributed by atoms with Crippen LogP contribution in [-0.4, -0.2) is 20.6 Å². The summed E-state index contributed by atoms with van der Waals surface area (Å²) in [6, 6.07) is 5.37. The minimum absolute atomic E-state index is 0.287. The lowest BCUT2D eigenvalue weighted by Gasteiger charge is -2.34. The van der Waals surface area contributed by atoms with Gasteiger partial charge in [-0.05, 0) is 30.4 Å². The first-order valence-corrected chi connectivity index (χ1v) is 7.26. The molecule has 1 saturated carbocycles. The van der Waals surface area contributed by atoms with Gasteiger partial charge in [-0.1, -0.05) is 32.3 Å². The van der Waals surface area contributed by atoms with Crippen LogP contribution in [0, 0.1) is 5.41 Å². The molecule has 0 aliphatic heterocycles. The predicted molar refractivity (Wildman–Crippen MR) is 77.9 cm³/mol. The highest BCUT2D eigenvalue weighted by Gasteiger charge is 2.28. The molecule has 4 heteroatoms. The Balaban J connectivity index is 1.96. The molecule has 0 bridgehead atoms. The SMILES string of the molecule is CC1(Cn2cnc3c(C(=O)O)cccc32)CCCCC1. The Morgan fingerprint density at radius 2 is 2.10 bits per heavy atom. The van der Waals surface area contributed by atoms with Gasteiger partial charge in [0.2, 0.25) is 0 Å². The number of rotatable bonds is 3. The van der Waals surface area contributed by atoms with Crippen molar-refractivity contribution in [3.63, 3.8) is 0 Å². The largest absolute Gasteiger partial charge is 0.478 e. The van der Waals surface area contributed by atoms with Crippen molar-refractivity contribution in [1.82, 2.24) is 9.55 Å². The number of imidazole rings is 1. The van der Waals surface area contributed by atoms with E-state index in [1.807, 2.05) is 6.07 Å². The zero-order valence-corrected chi connectivity index (χ0v) is 11.8. The third kappa shape index (κ3) is 2.30. The van der Waals surface area contributed by atoms with Gasteiger partial charge < -0.3 is 9.67 Å². The zero-order valence-electron chi connectivity index (χ0n) is 11.8. The molecule has 0 radical (unpaired) electrons. The summed E-state index contributed by atoms with van der Waals surface area (Å²) < 4.78 is 2.12. The number of carboxylic acids is 1. The molecule has 1 aromatic heterocycles. The van der Waals surface area contributed by atoms with E-state index in [9.17, 15) is 9.90 Å². The van der Waals surface area contributed by atoms with Crippen LogP contribution in [0.1, 0.15) is 49.4 Å². The Morgan fingerprint density at radius 3 is 2.80 bits per heavy atom. The van der Waals surface area contributed by atoms with E-state index >= 15 is 0 Å². The van der Waals surface area contributed by atoms with E-state index in [0.29, 0.717) is 10.9 Å². The quantitative estimate of drug-likeness (QED) is 0.926. The van der Waals surface area contributed by atoms with Crippen molar-refractivity contribution in [1.29, 1.82) is 0 Å². The highest BCUT2D eigenvalue weighted by Crippen LogP contribution is 2.37. The molecular formula is C16H20N2O2. The second kappa shape index (κ2) is 4.93. The Morgan fingerprint density at radius 1 is 1.35 bits per heavy atom. The summed E-state index contributed by atoms with van der Waals surface area (Å²) >= 11 is 0. The minimum Gasteiger partial charge on any atom is -0.478 e. The van der Waals surface area contributed by atoms with Crippen molar-refractivity contribution in [3.05, 3.63) is 30.1 Å². The summed E-state index contributed by atoms with van der Waals surface area (Å²) in [5.74, 6) is -0.912. The van der Waals surface area contributed by atoms with Crippen molar-refractivity contribution in [3.8, 4) is 0 Å². The average molecular weight is 272 g/mol. The molecule has 2 aromatic rings. The van der Waals surface area contributed by atoms with Crippen LogP contribution in [0.25, 0.3) is 11.0 Å². The fraction of sp³-hybridized carbons (Fsp3) is 0.500. The van der Waals surface area contributed by atoms with Crippen LogP contribution < -0.4 is 0 Å². The maximum atomic E-state index is 11.2. The first-order chi connectivity index (χ1) is 9.59. The number of aromatic carboxylic acids is 1. The summed E-state index contributed by atoms with van der Waals surface area (Å²) in [7, 11) is 0. The smallest absolute Gasteiger partial charge is 0.337 e. The topological polar surface area (TPSA) is 55.1 Å². The van der Waals surface area contributed by atoms with E-state index in [1.165, 1.54) is 32.1 Å². The molecule has 20 heavy (non-hydrogen) atoms. The van der Waals surface area contributed by atoms with Gasteiger partial charge in [-0.25, -0.2) is 9.78 Å². The molecule has 1 aliphatic carbocycles. The molecule has 0 atom stereocenters. The number of nitrogens with zero attached hydrogens (tertiary/aromatic N) is 2. The first-order valence-electron chi connectivity index (χ1n) is 7.26. The van der Waals surface area contributed by atoms with Crippen LogP contribution in [0.2, 0.25) is 0 Å². The van der Waals surface area contributed by atoms with Crippen LogP contribution in [0.4, 0.5) is 0 Å². The maximum Gasteiger partial charge on any atom is 0.337 e. The number of aromatic nitrogens is 2. The number of carbonyl (C=O) groups is 1. The Kier molecular flexibility index (Phi) is 3.24. The molecular weight excluding hydrogens is 252 g/mol. The normalized spacial score (nSPS) is 18.2. The van der Waals surface area contributed by atoms with Gasteiger partial charge in [0.05, 0.1) is 17.4 Å². The molecule has 0 amide bonds. The lowest BCUT2D eigenvalue weighted by Crippen LogP contribution is -2.25. The van der Waals surface area contributed by atoms with Gasteiger partial charge in [-0.15, -0.1) is 0 Å². The fourth-order valence-electron chi connectivity index (χ4n) is 3.36. The van der Waals surface area contributed by atoms with Gasteiger partial charge in [0, 0.05) is 6.54 Å². The number of carboxylic acid groups (broad SMARTS) is 1. The molecule has 0 saturated heterocycles. The van der Waals surface area contributed by atoms with Gasteiger partial charge in [0.15, 0.2) is 0 Å². The van der Waals surface area contributed by atoms with Gasteiger partial charge in [-0.3, -0.25) is 0 Å². The van der Waals surface area contributed by atoms with Crippen molar-refractivity contribution >= 4 is 17.0 Å². The van der Waals surface area contributed by atoms with E-state index in [4.69, 9.17) is 0 Å². The van der Waals surface area contributed by atoms with Crippen LogP contribution in [0.3, 0.4) is 0 Å². The maximum absolute atomic E-state index is 11.2. The molecule has 106 valence electrons. The fourth-order valence-corrected chi connectivity index (χ4v) is 3.36. The lowest BCUT2D eigenvalue weighted by atomic mass is 9.75. The summed E-state index contributed by atoms with van der Waals surface area (Å²) in [6.45, 7) is 3.26. The summed E-state index contributed by atoms with van der Waals surface area (Å²) in [4.78, 5) is 15.5. The third-order valence-electron chi connectivity index (χ3n) is 4.49. The van der Waals surface area contributed by atoms with E-state index in [0.717, 1.165) is 12.1 Å². The predicted octanol–water partition coefficient (Wildman–Crippen LogP) is 3.70. The van der Waals surface area contributed by atoms with Gasteiger partial charge in [-0.2, -0.15) is 0 Å². The monoisotopic (exact) mass is 272 g/mol. The lowest BCUT2D eigenvalue weighted by molar-refractivity contribution is 0.0699. The van der Waals surface area contributed by atoms with Crippen LogP contribution in [0.5, 0.6) is 0 Å². The minimum atomic E-state index is -0.912. The zero-order chi connectivity index (χ0) is 14.2. The standard InChI is InChI=1S/C16H20N2O2/c1-16(8-3-2-4-9-16)10-18-11-17-14-12(15(19)20)6-5-7-13(14)18/h5-7,11H,2-4,8-10H2,1H3,(H,19,20). The molecule has 1 heterocycles. The van der Waals surface area contributed by atoms with Gasteiger partial charge in [0.25, 0.3) is 0 Å². The summed E-state index contributed by atoms with van der Waals surface area (Å²) in [5.41, 5.74) is 2.12. The number of hydrogen-bond acceptors (Lipinski definition) is 2. The van der Waals surface area contributed by atoms with E-state index < -0.39 is 5.97 Å². The van der Waals surface area contributed by atoms with Crippen molar-refractivity contribution in [2.24, 2.45) is 5.41 Å². The number of fused-ring (bicyclic) bond motifs is 1. The van der Waals surface area contributed by atoms with Crippen LogP contribution in [0.15, 0.2) is 24.5 Å². The number of benzene rings is 1. The van der Waals surface area contributed by atoms with E-state index in [1.54, 1.807) is 18.5 Å². The molecule has 0 unspecified atom stereocenters. The van der Waals surface area contributed by atoms with Crippen molar-refractivity contribution in [2.45, 2.75) is 45.6 Å². The average Bonchev–Trinajstić information content (AvgIpc) is 2.82. The second-order valence-corrected chi connectivity index (χ2v) is 6.22. The third-order valence-corrected chi connectivity index (χ3v) is 4.49. The second-order valence-electron chi connectivity index (χ2n) is 6.22. The number of hydrogen-bond donors (Lipinski definition) is 1. The Hall–Kier alpha value is -1.84. The molecule has 3 rings (SSSR count). The van der Waals surface area contributed by atoms with Crippen LogP contribution in [-0.2, 0) is 6.54 Å². The van der Waals surface area contributed by atoms with Crippen molar-refractivity contribution < 1.29 is 9.90 Å². The molecule has 1 aromatic carbocycles. The van der Waals surface area contributed by atoms with E-state index in [2.05, 4.69) is 16.5 Å². The van der Waals surface area contributed by atoms with E-state index in [-0.39, 0.29) is 5.56 Å². The molecule has 0 spiro atoms. The number of para-hydroxylation sites is 1. The van der Waals surface area contributed by atoms with Crippen LogP contribution >= 0.6 is 0 Å². The Labute approximate surface area is 118 Å². The van der Waals surface area contributed by atoms with Gasteiger partial charge in [0.1, 0.15) is 5.52 Å². The molecule has 4 nitrogen and oxygen atoms in total. The molecule has 1 N–H and O–H groups in total. The van der Waals surface area contributed by atoms with Gasteiger partial charge >= 0.3 is 5.97 Å². The summed E-state index contributed by atoms with van der Waals surface area (Å²) in [5, 5.41) is 9.21. The molecule has 1 fully saturated rings. The highest BCUT2D eigenvalue weighted by molar-refractivity contribution is 6.00. The Bertz CT molecular complexity index is 639. The van der Waals surface area contributed by atoms with Crippen molar-refractivity contribution in [2.75, 3.05) is 0 Å². The highest BCUT2D eigenvalue weighted by atomic mass is 16.4.